The van der Waals surface area contributed by atoms with Crippen LogP contribution in [0.25, 0.3) is 16.7 Å². The van der Waals surface area contributed by atoms with E-state index >= 15 is 0 Å². The normalized spacial score (nSPS) is 13.4. The Kier molecular flexibility index (Phi) is 2.87. The maximum absolute atomic E-state index is 3.66. The van der Waals surface area contributed by atoms with Crippen LogP contribution in [0.15, 0.2) is 46.9 Å². The highest BCUT2D eigenvalue weighted by Crippen LogP contribution is 2.39. The van der Waals surface area contributed by atoms with Gasteiger partial charge in [0.1, 0.15) is 0 Å². The molecule has 0 saturated carbocycles. The standard InChI is InChI=1S/C17H15Br/c1-11-3-6-13(7-4-11)14-9-10-16(18)15-8-5-12(2)17(14)15/h3-7,9-10H,8H2,1-2H3. The van der Waals surface area contributed by atoms with Gasteiger partial charge < -0.3 is 0 Å². The molecular formula is C17H15Br. The van der Waals surface area contributed by atoms with Gasteiger partial charge in [0.05, 0.1) is 0 Å². The number of fused-ring (bicyclic) bond motifs is 1. The van der Waals surface area contributed by atoms with Crippen molar-refractivity contribution in [3.8, 4) is 11.1 Å². The van der Waals surface area contributed by atoms with Crippen molar-refractivity contribution in [3.63, 3.8) is 0 Å². The molecule has 0 radical (unpaired) electrons. The highest BCUT2D eigenvalue weighted by atomic mass is 79.9. The Labute approximate surface area is 116 Å². The first-order valence-electron chi connectivity index (χ1n) is 6.22. The molecule has 2 aromatic carbocycles. The Balaban J connectivity index is 2.22. The summed E-state index contributed by atoms with van der Waals surface area (Å²) in [5, 5.41) is 0. The summed E-state index contributed by atoms with van der Waals surface area (Å²) in [7, 11) is 0. The van der Waals surface area contributed by atoms with Gasteiger partial charge in [0.2, 0.25) is 0 Å². The fourth-order valence-corrected chi connectivity index (χ4v) is 3.10. The topological polar surface area (TPSA) is 0 Å². The van der Waals surface area contributed by atoms with Crippen molar-refractivity contribution in [3.05, 3.63) is 63.6 Å². The van der Waals surface area contributed by atoms with Crippen LogP contribution in [0.3, 0.4) is 0 Å². The molecule has 0 spiro atoms. The Morgan fingerprint density at radius 3 is 2.39 bits per heavy atom. The van der Waals surface area contributed by atoms with E-state index in [0.717, 1.165) is 6.42 Å². The fourth-order valence-electron chi connectivity index (χ4n) is 2.60. The van der Waals surface area contributed by atoms with Crippen molar-refractivity contribution in [2.75, 3.05) is 0 Å². The second kappa shape index (κ2) is 4.40. The van der Waals surface area contributed by atoms with Crippen LogP contribution in [-0.4, -0.2) is 0 Å². The van der Waals surface area contributed by atoms with E-state index in [4.69, 9.17) is 0 Å². The number of aryl methyl sites for hydroxylation is 1. The average Bonchev–Trinajstić information content (AvgIpc) is 2.75. The number of benzene rings is 2. The minimum atomic E-state index is 1.04. The number of allylic oxidation sites excluding steroid dienone is 2. The van der Waals surface area contributed by atoms with Crippen molar-refractivity contribution in [2.24, 2.45) is 0 Å². The zero-order chi connectivity index (χ0) is 12.7. The lowest BCUT2D eigenvalue weighted by atomic mass is 9.94. The molecule has 0 unspecified atom stereocenters. The van der Waals surface area contributed by atoms with Gasteiger partial charge in [-0.1, -0.05) is 57.9 Å². The van der Waals surface area contributed by atoms with E-state index in [0.29, 0.717) is 0 Å². The van der Waals surface area contributed by atoms with Crippen LogP contribution in [0, 0.1) is 6.92 Å². The first kappa shape index (κ1) is 11.7. The number of hydrogen-bond acceptors (Lipinski definition) is 0. The van der Waals surface area contributed by atoms with E-state index in [1.54, 1.807) is 0 Å². The van der Waals surface area contributed by atoms with Gasteiger partial charge in [0, 0.05) is 4.47 Å². The molecule has 0 amide bonds. The van der Waals surface area contributed by atoms with Crippen molar-refractivity contribution < 1.29 is 0 Å². The average molecular weight is 299 g/mol. The third-order valence-corrected chi connectivity index (χ3v) is 4.37. The van der Waals surface area contributed by atoms with Gasteiger partial charge in [-0.15, -0.1) is 0 Å². The molecule has 18 heavy (non-hydrogen) atoms. The first-order valence-corrected chi connectivity index (χ1v) is 7.01. The van der Waals surface area contributed by atoms with Crippen molar-refractivity contribution >= 4 is 21.5 Å². The minimum absolute atomic E-state index is 1.04. The number of halogens is 1. The van der Waals surface area contributed by atoms with Crippen molar-refractivity contribution in [1.82, 2.24) is 0 Å². The lowest BCUT2D eigenvalue weighted by molar-refractivity contribution is 1.29. The molecule has 0 aliphatic heterocycles. The largest absolute Gasteiger partial charge is 0.0765 e. The molecule has 0 fully saturated rings. The molecule has 0 N–H and O–H groups in total. The summed E-state index contributed by atoms with van der Waals surface area (Å²) in [5.41, 5.74) is 8.18. The van der Waals surface area contributed by atoms with Crippen molar-refractivity contribution in [1.29, 1.82) is 0 Å². The molecule has 90 valence electrons. The van der Waals surface area contributed by atoms with Gasteiger partial charge >= 0.3 is 0 Å². The van der Waals surface area contributed by atoms with E-state index in [9.17, 15) is 0 Å². The highest BCUT2D eigenvalue weighted by Gasteiger charge is 2.18. The number of hydrogen-bond donors (Lipinski definition) is 0. The van der Waals surface area contributed by atoms with E-state index in [1.165, 1.54) is 37.9 Å². The third-order valence-electron chi connectivity index (χ3n) is 3.63. The SMILES string of the molecule is CC1=CCc2c(Br)ccc(-c3ccc(C)cc3)c21. The number of rotatable bonds is 1. The Morgan fingerprint density at radius 1 is 0.944 bits per heavy atom. The Bertz CT molecular complexity index is 633. The van der Waals surface area contributed by atoms with Crippen LogP contribution >= 0.6 is 15.9 Å². The summed E-state index contributed by atoms with van der Waals surface area (Å²) in [6, 6.07) is 13.2. The molecule has 0 nitrogen and oxygen atoms in total. The summed E-state index contributed by atoms with van der Waals surface area (Å²) in [5.74, 6) is 0. The van der Waals surface area contributed by atoms with Gasteiger partial charge in [-0.3, -0.25) is 0 Å². The molecule has 1 heteroatoms. The third kappa shape index (κ3) is 1.83. The minimum Gasteiger partial charge on any atom is -0.0765 e. The maximum atomic E-state index is 3.66. The maximum Gasteiger partial charge on any atom is 0.0216 e. The predicted octanol–water partition coefficient (Wildman–Crippen LogP) is 5.38. The van der Waals surface area contributed by atoms with Crippen LogP contribution in [0.1, 0.15) is 23.6 Å². The van der Waals surface area contributed by atoms with Crippen LogP contribution in [0.4, 0.5) is 0 Å². The molecule has 0 heterocycles. The van der Waals surface area contributed by atoms with Crippen LogP contribution in [0.2, 0.25) is 0 Å². The van der Waals surface area contributed by atoms with E-state index < -0.39 is 0 Å². The second-order valence-corrected chi connectivity index (χ2v) is 5.76. The van der Waals surface area contributed by atoms with E-state index in [2.05, 4.69) is 72.3 Å². The summed E-state index contributed by atoms with van der Waals surface area (Å²) < 4.78 is 1.22. The van der Waals surface area contributed by atoms with E-state index in [-0.39, 0.29) is 0 Å². The quantitative estimate of drug-likeness (QED) is 0.663. The van der Waals surface area contributed by atoms with Gasteiger partial charge in [0.15, 0.2) is 0 Å². The molecular weight excluding hydrogens is 284 g/mol. The molecule has 0 bridgehead atoms. The van der Waals surface area contributed by atoms with Crippen LogP contribution in [0.5, 0.6) is 0 Å². The summed E-state index contributed by atoms with van der Waals surface area (Å²) in [6.07, 6.45) is 3.36. The second-order valence-electron chi connectivity index (χ2n) is 4.91. The molecule has 1 aliphatic rings. The molecule has 0 saturated heterocycles. The molecule has 0 atom stereocenters. The molecule has 0 aromatic heterocycles. The zero-order valence-corrected chi connectivity index (χ0v) is 12.2. The van der Waals surface area contributed by atoms with Gasteiger partial charge in [0.25, 0.3) is 0 Å². The van der Waals surface area contributed by atoms with E-state index in [1.807, 2.05) is 0 Å². The molecule has 2 aromatic rings. The summed E-state index contributed by atoms with van der Waals surface area (Å²) in [4.78, 5) is 0. The monoisotopic (exact) mass is 298 g/mol. The van der Waals surface area contributed by atoms with Crippen LogP contribution < -0.4 is 0 Å². The van der Waals surface area contributed by atoms with Gasteiger partial charge in [-0.05, 0) is 54.2 Å². The van der Waals surface area contributed by atoms with Crippen molar-refractivity contribution in [2.45, 2.75) is 20.3 Å². The van der Waals surface area contributed by atoms with Gasteiger partial charge in [-0.25, -0.2) is 0 Å². The molecule has 1 aliphatic carbocycles. The van der Waals surface area contributed by atoms with Crippen LogP contribution in [-0.2, 0) is 6.42 Å². The zero-order valence-electron chi connectivity index (χ0n) is 10.6. The summed E-state index contributed by atoms with van der Waals surface area (Å²) in [6.45, 7) is 4.33. The lowest BCUT2D eigenvalue weighted by Crippen LogP contribution is -1.91. The fraction of sp³-hybridized carbons (Fsp3) is 0.176. The Morgan fingerprint density at radius 2 is 1.67 bits per heavy atom. The predicted molar refractivity (Wildman–Crippen MR) is 81.7 cm³/mol. The Hall–Kier alpha value is -1.34. The smallest absolute Gasteiger partial charge is 0.0216 e. The van der Waals surface area contributed by atoms with Gasteiger partial charge in [-0.2, -0.15) is 0 Å². The highest BCUT2D eigenvalue weighted by molar-refractivity contribution is 9.10. The first-order chi connectivity index (χ1) is 8.66. The lowest BCUT2D eigenvalue weighted by Gasteiger charge is -2.12. The summed E-state index contributed by atoms with van der Waals surface area (Å²) >= 11 is 3.66. The molecule has 3 rings (SSSR count).